The van der Waals surface area contributed by atoms with E-state index in [9.17, 15) is 13.2 Å². The van der Waals surface area contributed by atoms with Crippen LogP contribution < -0.4 is 0 Å². The Labute approximate surface area is 178 Å². The fraction of sp³-hybridized carbons (Fsp3) is 0.571. The van der Waals surface area contributed by atoms with Crippen LogP contribution in [-0.2, 0) is 14.8 Å². The summed E-state index contributed by atoms with van der Waals surface area (Å²) in [5, 5.41) is 4.36. The molecule has 1 aliphatic heterocycles. The van der Waals surface area contributed by atoms with Crippen LogP contribution in [0, 0.1) is 34.6 Å². The van der Waals surface area contributed by atoms with Crippen LogP contribution in [0.4, 0.5) is 0 Å². The van der Waals surface area contributed by atoms with Crippen LogP contribution in [-0.4, -0.2) is 64.5 Å². The Balaban J connectivity index is 1.65. The van der Waals surface area contributed by atoms with Crippen LogP contribution in [0.3, 0.4) is 0 Å². The number of hydrogen-bond acceptors (Lipinski definition) is 5. The van der Waals surface area contributed by atoms with Crippen molar-refractivity contribution in [1.82, 2.24) is 24.0 Å². The van der Waals surface area contributed by atoms with E-state index in [1.807, 2.05) is 53.7 Å². The molecule has 9 heteroatoms. The summed E-state index contributed by atoms with van der Waals surface area (Å²) in [6.45, 7) is 12.7. The molecule has 3 rings (SSSR count). The van der Waals surface area contributed by atoms with Gasteiger partial charge in [-0.25, -0.2) is 18.1 Å². The maximum Gasteiger partial charge on any atom is 0.243 e. The molecule has 2 heterocycles. The van der Waals surface area contributed by atoms with Gasteiger partial charge in [-0.1, -0.05) is 17.7 Å². The number of aryl methyl sites for hydroxylation is 5. The number of carbonyl (C=O) groups is 1. The Hall–Kier alpha value is -2.26. The van der Waals surface area contributed by atoms with Gasteiger partial charge in [0.05, 0.1) is 10.9 Å². The second kappa shape index (κ2) is 8.47. The lowest BCUT2D eigenvalue weighted by atomic mass is 10.1. The van der Waals surface area contributed by atoms with Gasteiger partial charge in [0.1, 0.15) is 11.6 Å². The van der Waals surface area contributed by atoms with Crippen molar-refractivity contribution in [2.75, 3.05) is 26.2 Å². The van der Waals surface area contributed by atoms with E-state index >= 15 is 0 Å². The first-order valence-electron chi connectivity index (χ1n) is 10.3. The van der Waals surface area contributed by atoms with Crippen LogP contribution >= 0.6 is 0 Å². The predicted molar refractivity (Wildman–Crippen MR) is 115 cm³/mol. The highest BCUT2D eigenvalue weighted by atomic mass is 32.2. The minimum Gasteiger partial charge on any atom is -0.340 e. The molecule has 0 N–H and O–H groups in total. The van der Waals surface area contributed by atoms with Crippen molar-refractivity contribution in [3.05, 3.63) is 40.5 Å². The molecular weight excluding hydrogens is 402 g/mol. The number of nitrogens with zero attached hydrogens (tertiary/aromatic N) is 5. The normalized spacial score (nSPS) is 16.7. The summed E-state index contributed by atoms with van der Waals surface area (Å²) in [6, 6.07) is 3.70. The zero-order valence-electron chi connectivity index (χ0n) is 18.6. The number of piperazine rings is 1. The second-order valence-corrected chi connectivity index (χ2v) is 10.1. The predicted octanol–water partition coefficient (Wildman–Crippen LogP) is 2.30. The molecule has 1 amide bonds. The summed E-state index contributed by atoms with van der Waals surface area (Å²) in [6.07, 6.45) is 0.312. The van der Waals surface area contributed by atoms with Gasteiger partial charge in [0.15, 0.2) is 0 Å². The molecule has 0 saturated carbocycles. The Morgan fingerprint density at radius 3 is 2.10 bits per heavy atom. The van der Waals surface area contributed by atoms with Gasteiger partial charge in [-0.15, -0.1) is 0 Å². The highest BCUT2D eigenvalue weighted by molar-refractivity contribution is 7.89. The molecule has 1 fully saturated rings. The quantitative estimate of drug-likeness (QED) is 0.722. The van der Waals surface area contributed by atoms with Crippen molar-refractivity contribution in [2.45, 2.75) is 58.9 Å². The molecule has 1 aromatic carbocycles. The van der Waals surface area contributed by atoms with Crippen LogP contribution in [0.2, 0.25) is 0 Å². The van der Waals surface area contributed by atoms with E-state index in [0.29, 0.717) is 43.3 Å². The van der Waals surface area contributed by atoms with E-state index in [0.717, 1.165) is 22.5 Å². The van der Waals surface area contributed by atoms with Crippen molar-refractivity contribution in [3.8, 4) is 0 Å². The maximum atomic E-state index is 13.2. The first-order chi connectivity index (χ1) is 14.0. The average Bonchev–Trinajstić information content (AvgIpc) is 2.99. The number of carbonyl (C=O) groups excluding carboxylic acids is 1. The zero-order valence-corrected chi connectivity index (χ0v) is 19.5. The lowest BCUT2D eigenvalue weighted by Gasteiger charge is -2.35. The molecule has 30 heavy (non-hydrogen) atoms. The lowest BCUT2D eigenvalue weighted by Crippen LogP contribution is -2.50. The molecule has 0 radical (unpaired) electrons. The molecule has 0 bridgehead atoms. The molecule has 1 aromatic heterocycles. The van der Waals surface area contributed by atoms with Crippen molar-refractivity contribution >= 4 is 15.9 Å². The van der Waals surface area contributed by atoms with Crippen molar-refractivity contribution in [3.63, 3.8) is 0 Å². The van der Waals surface area contributed by atoms with Crippen LogP contribution in [0.15, 0.2) is 17.0 Å². The fourth-order valence-corrected chi connectivity index (χ4v) is 6.14. The monoisotopic (exact) mass is 433 g/mol. The maximum absolute atomic E-state index is 13.2. The first-order valence-corrected chi connectivity index (χ1v) is 11.7. The van der Waals surface area contributed by atoms with Crippen molar-refractivity contribution < 1.29 is 13.2 Å². The smallest absolute Gasteiger partial charge is 0.243 e. The molecule has 2 aromatic rings. The molecule has 8 nitrogen and oxygen atoms in total. The molecule has 0 unspecified atom stereocenters. The molecule has 164 valence electrons. The Bertz CT molecular complexity index is 1030. The number of benzene rings is 1. The van der Waals surface area contributed by atoms with Gasteiger partial charge in [-0.05, 0) is 52.7 Å². The Morgan fingerprint density at radius 1 is 1.03 bits per heavy atom. The molecular formula is C21H31N5O3S. The van der Waals surface area contributed by atoms with Crippen LogP contribution in [0.25, 0.3) is 0 Å². The molecule has 0 spiro atoms. The Morgan fingerprint density at radius 2 is 1.60 bits per heavy atom. The topological polar surface area (TPSA) is 88.4 Å². The van der Waals surface area contributed by atoms with Crippen molar-refractivity contribution in [1.29, 1.82) is 0 Å². The average molecular weight is 434 g/mol. The molecule has 0 aliphatic carbocycles. The third-order valence-electron chi connectivity index (χ3n) is 5.59. The summed E-state index contributed by atoms with van der Waals surface area (Å²) < 4.78 is 29.7. The molecule has 1 saturated heterocycles. The second-order valence-electron chi connectivity index (χ2n) is 8.22. The number of sulfonamides is 1. The van der Waals surface area contributed by atoms with E-state index < -0.39 is 10.0 Å². The summed E-state index contributed by atoms with van der Waals surface area (Å²) >= 11 is 0. The molecule has 1 atom stereocenters. The Kier molecular flexibility index (Phi) is 6.33. The van der Waals surface area contributed by atoms with E-state index in [1.165, 1.54) is 4.31 Å². The largest absolute Gasteiger partial charge is 0.340 e. The van der Waals surface area contributed by atoms with Gasteiger partial charge in [0, 0.05) is 32.6 Å². The highest BCUT2D eigenvalue weighted by Gasteiger charge is 2.32. The standard InChI is InChI=1S/C21H31N5O3S/c1-14-11-15(2)21(16(3)12-14)30(28,29)25-9-7-24(8-10-25)20(27)13-17(4)26-19(6)22-18(5)23-26/h11-12,17H,7-10,13H2,1-6H3/t17-/m1/s1. The highest BCUT2D eigenvalue weighted by Crippen LogP contribution is 2.26. The summed E-state index contributed by atoms with van der Waals surface area (Å²) in [4.78, 5) is 19.2. The molecule has 1 aliphatic rings. The van der Waals surface area contributed by atoms with E-state index in [-0.39, 0.29) is 11.9 Å². The van der Waals surface area contributed by atoms with Gasteiger partial charge < -0.3 is 4.90 Å². The van der Waals surface area contributed by atoms with Crippen LogP contribution in [0.1, 0.15) is 47.7 Å². The minimum absolute atomic E-state index is 0.00907. The zero-order chi connectivity index (χ0) is 22.2. The van der Waals surface area contributed by atoms with Gasteiger partial charge in [0.2, 0.25) is 15.9 Å². The van der Waals surface area contributed by atoms with E-state index in [2.05, 4.69) is 10.1 Å². The lowest BCUT2D eigenvalue weighted by molar-refractivity contribution is -0.133. The van der Waals surface area contributed by atoms with Gasteiger partial charge >= 0.3 is 0 Å². The SMILES string of the molecule is Cc1cc(C)c(S(=O)(=O)N2CCN(C(=O)C[C@@H](C)n3nc(C)nc3C)CC2)c(C)c1. The summed E-state index contributed by atoms with van der Waals surface area (Å²) in [7, 11) is -3.59. The number of aromatic nitrogens is 3. The van der Waals surface area contributed by atoms with E-state index in [4.69, 9.17) is 0 Å². The summed E-state index contributed by atoms with van der Waals surface area (Å²) in [5.74, 6) is 1.48. The third kappa shape index (κ3) is 4.41. The van der Waals surface area contributed by atoms with Crippen molar-refractivity contribution in [2.24, 2.45) is 0 Å². The number of amides is 1. The van der Waals surface area contributed by atoms with Gasteiger partial charge in [-0.2, -0.15) is 9.40 Å². The number of rotatable bonds is 5. The fourth-order valence-electron chi connectivity index (χ4n) is 4.30. The third-order valence-corrected chi connectivity index (χ3v) is 7.79. The number of hydrogen-bond donors (Lipinski definition) is 0. The van der Waals surface area contributed by atoms with E-state index in [1.54, 1.807) is 9.58 Å². The minimum atomic E-state index is -3.59. The van der Waals surface area contributed by atoms with Gasteiger partial charge in [0.25, 0.3) is 0 Å². The first kappa shape index (κ1) is 22.4. The van der Waals surface area contributed by atoms with Crippen LogP contribution in [0.5, 0.6) is 0 Å². The summed E-state index contributed by atoms with van der Waals surface area (Å²) in [5.41, 5.74) is 2.57. The van der Waals surface area contributed by atoms with Gasteiger partial charge in [-0.3, -0.25) is 4.79 Å².